The topological polar surface area (TPSA) is 114 Å². The number of anilines is 1. The molecule has 11 heteroatoms. The van der Waals surface area contributed by atoms with Crippen LogP contribution in [0.5, 0.6) is 0 Å². The Morgan fingerprint density at radius 2 is 1.88 bits per heavy atom. The molecule has 0 saturated carbocycles. The van der Waals surface area contributed by atoms with E-state index in [4.69, 9.17) is 4.74 Å². The zero-order valence-electron chi connectivity index (χ0n) is 16.4. The number of esters is 1. The maximum atomic E-state index is 13.4. The average Bonchev–Trinajstić information content (AvgIpc) is 3.24. The molecular formula is C21H14F2N4O4S. The molecule has 0 radical (unpaired) electrons. The number of carbonyl (C=O) groups is 2. The summed E-state index contributed by atoms with van der Waals surface area (Å²) in [6.07, 6.45) is -1.20. The van der Waals surface area contributed by atoms with Gasteiger partial charge in [0.15, 0.2) is 28.6 Å². The normalized spacial score (nSPS) is 11.8. The zero-order valence-corrected chi connectivity index (χ0v) is 17.2. The highest BCUT2D eigenvalue weighted by atomic mass is 32.1. The summed E-state index contributed by atoms with van der Waals surface area (Å²) < 4.78 is 31.7. The molecule has 2 N–H and O–H groups in total. The molecule has 0 bridgehead atoms. The van der Waals surface area contributed by atoms with Gasteiger partial charge in [0.2, 0.25) is 0 Å². The number of amides is 1. The lowest BCUT2D eigenvalue weighted by Gasteiger charge is -2.12. The largest absolute Gasteiger partial charge is 0.448 e. The van der Waals surface area contributed by atoms with Gasteiger partial charge in [-0.3, -0.25) is 14.9 Å². The van der Waals surface area contributed by atoms with Crippen LogP contribution in [0, 0.1) is 11.6 Å². The molecule has 0 fully saturated rings. The smallest absolute Gasteiger partial charge is 0.360 e. The predicted octanol–water partition coefficient (Wildman–Crippen LogP) is 3.51. The van der Waals surface area contributed by atoms with Gasteiger partial charge >= 0.3 is 5.97 Å². The molecule has 8 nitrogen and oxygen atoms in total. The number of nitrogens with zero attached hydrogens (tertiary/aromatic N) is 2. The number of hydrogen-bond donors (Lipinski definition) is 2. The second-order valence-corrected chi connectivity index (χ2v) is 7.51. The Bertz CT molecular complexity index is 1400. The molecule has 0 aliphatic carbocycles. The minimum Gasteiger partial charge on any atom is -0.448 e. The first kappa shape index (κ1) is 21.2. The minimum absolute atomic E-state index is 0.130. The van der Waals surface area contributed by atoms with Crippen molar-refractivity contribution in [3.63, 3.8) is 0 Å². The van der Waals surface area contributed by atoms with Crippen LogP contribution in [-0.2, 0) is 9.53 Å². The van der Waals surface area contributed by atoms with E-state index < -0.39 is 35.2 Å². The number of H-pyrrole nitrogens is 1. The highest BCUT2D eigenvalue weighted by Gasteiger charge is 2.23. The van der Waals surface area contributed by atoms with Gasteiger partial charge in [-0.1, -0.05) is 18.2 Å². The van der Waals surface area contributed by atoms with Gasteiger partial charge in [0.1, 0.15) is 0 Å². The summed E-state index contributed by atoms with van der Waals surface area (Å²) in [4.78, 5) is 41.0. The molecule has 1 atom stereocenters. The monoisotopic (exact) mass is 456 g/mol. The number of aromatic nitrogens is 3. The molecule has 2 heterocycles. The third-order valence-corrected chi connectivity index (χ3v) is 5.25. The van der Waals surface area contributed by atoms with Gasteiger partial charge < -0.3 is 4.74 Å². The maximum absolute atomic E-state index is 13.4. The van der Waals surface area contributed by atoms with Crippen molar-refractivity contribution < 1.29 is 23.1 Å². The Balaban J connectivity index is 1.45. The Kier molecular flexibility index (Phi) is 5.73. The zero-order chi connectivity index (χ0) is 22.8. The van der Waals surface area contributed by atoms with Crippen LogP contribution in [0.3, 0.4) is 0 Å². The van der Waals surface area contributed by atoms with Crippen LogP contribution >= 0.6 is 11.3 Å². The van der Waals surface area contributed by atoms with E-state index in [1.807, 2.05) is 0 Å². The van der Waals surface area contributed by atoms with Crippen molar-refractivity contribution in [3.05, 3.63) is 75.5 Å². The van der Waals surface area contributed by atoms with Crippen molar-refractivity contribution >= 4 is 39.1 Å². The van der Waals surface area contributed by atoms with Crippen molar-refractivity contribution in [3.8, 4) is 11.3 Å². The van der Waals surface area contributed by atoms with Gasteiger partial charge in [-0.25, -0.2) is 23.7 Å². The Labute approximate surface area is 182 Å². The number of rotatable bonds is 5. The lowest BCUT2D eigenvalue weighted by Crippen LogP contribution is -2.30. The van der Waals surface area contributed by atoms with Crippen LogP contribution in [-0.4, -0.2) is 33.2 Å². The molecule has 1 unspecified atom stereocenters. The number of halogens is 2. The number of hydrogen-bond acceptors (Lipinski definition) is 7. The fraction of sp³-hybridized carbons (Fsp3) is 0.0952. The molecule has 0 saturated heterocycles. The number of nitrogens with one attached hydrogen (secondary N) is 2. The molecule has 2 aromatic heterocycles. The van der Waals surface area contributed by atoms with Crippen molar-refractivity contribution in [2.24, 2.45) is 0 Å². The van der Waals surface area contributed by atoms with E-state index in [0.717, 1.165) is 23.5 Å². The van der Waals surface area contributed by atoms with Crippen LogP contribution in [0.1, 0.15) is 17.4 Å². The first-order valence-corrected chi connectivity index (χ1v) is 10.1. The van der Waals surface area contributed by atoms with Crippen LogP contribution < -0.4 is 10.9 Å². The highest BCUT2D eigenvalue weighted by molar-refractivity contribution is 7.14. The quantitative estimate of drug-likeness (QED) is 0.444. The van der Waals surface area contributed by atoms with E-state index in [2.05, 4.69) is 20.5 Å². The van der Waals surface area contributed by atoms with E-state index in [9.17, 15) is 23.2 Å². The van der Waals surface area contributed by atoms with Crippen molar-refractivity contribution in [2.75, 3.05) is 5.32 Å². The third-order valence-electron chi connectivity index (χ3n) is 4.49. The summed E-state index contributed by atoms with van der Waals surface area (Å²) >= 11 is 1.07. The molecule has 1 amide bonds. The van der Waals surface area contributed by atoms with Crippen molar-refractivity contribution in [1.29, 1.82) is 0 Å². The van der Waals surface area contributed by atoms with Crippen LogP contribution in [0.2, 0.25) is 0 Å². The van der Waals surface area contributed by atoms with Gasteiger partial charge in [-0.05, 0) is 31.2 Å². The SMILES string of the molecule is CC(OC(=O)c1n[nH]c(=O)c2ccccc12)C(=O)Nc1nc(-c2ccc(F)c(F)c2)cs1. The number of benzene rings is 2. The Morgan fingerprint density at radius 1 is 1.12 bits per heavy atom. The van der Waals surface area contributed by atoms with Gasteiger partial charge in [-0.15, -0.1) is 11.3 Å². The Morgan fingerprint density at radius 3 is 2.62 bits per heavy atom. The number of fused-ring (bicyclic) bond motifs is 1. The van der Waals surface area contributed by atoms with E-state index >= 15 is 0 Å². The van der Waals surface area contributed by atoms with E-state index in [1.165, 1.54) is 19.1 Å². The van der Waals surface area contributed by atoms with Crippen molar-refractivity contribution in [2.45, 2.75) is 13.0 Å². The van der Waals surface area contributed by atoms with Gasteiger partial charge in [0, 0.05) is 16.3 Å². The molecule has 32 heavy (non-hydrogen) atoms. The number of aromatic amines is 1. The molecule has 4 aromatic rings. The summed E-state index contributed by atoms with van der Waals surface area (Å²) in [6, 6.07) is 9.73. The Hall–Kier alpha value is -3.99. The predicted molar refractivity (Wildman–Crippen MR) is 113 cm³/mol. The van der Waals surface area contributed by atoms with Crippen LogP contribution in [0.15, 0.2) is 52.6 Å². The lowest BCUT2D eigenvalue weighted by molar-refractivity contribution is -0.123. The molecule has 4 rings (SSSR count). The third kappa shape index (κ3) is 4.23. The molecule has 2 aromatic carbocycles. The average molecular weight is 456 g/mol. The van der Waals surface area contributed by atoms with Crippen molar-refractivity contribution in [1.82, 2.24) is 15.2 Å². The highest BCUT2D eigenvalue weighted by Crippen LogP contribution is 2.26. The van der Waals surface area contributed by atoms with Gasteiger partial charge in [-0.2, -0.15) is 5.10 Å². The lowest BCUT2D eigenvalue weighted by atomic mass is 10.1. The van der Waals surface area contributed by atoms with Crippen LogP contribution in [0.4, 0.5) is 13.9 Å². The molecular weight excluding hydrogens is 442 g/mol. The summed E-state index contributed by atoms with van der Waals surface area (Å²) in [7, 11) is 0. The first-order chi connectivity index (χ1) is 15.3. The van der Waals surface area contributed by atoms with E-state index in [1.54, 1.807) is 23.6 Å². The van der Waals surface area contributed by atoms with E-state index in [-0.39, 0.29) is 16.2 Å². The molecule has 0 aliphatic rings. The fourth-order valence-electron chi connectivity index (χ4n) is 2.87. The second-order valence-electron chi connectivity index (χ2n) is 6.65. The minimum atomic E-state index is -1.20. The summed E-state index contributed by atoms with van der Waals surface area (Å²) in [5.74, 6) is -3.53. The molecule has 162 valence electrons. The maximum Gasteiger partial charge on any atom is 0.360 e. The number of carbonyl (C=O) groups excluding carboxylic acids is 2. The van der Waals surface area contributed by atoms with E-state index in [0.29, 0.717) is 16.6 Å². The summed E-state index contributed by atoms with van der Waals surface area (Å²) in [5, 5.41) is 10.8. The molecule has 0 aliphatic heterocycles. The van der Waals surface area contributed by atoms with Crippen LogP contribution in [0.25, 0.3) is 22.0 Å². The number of ether oxygens (including phenoxy) is 1. The summed E-state index contributed by atoms with van der Waals surface area (Å²) in [5.41, 5.74) is 0.104. The second kappa shape index (κ2) is 8.63. The van der Waals surface area contributed by atoms with Gasteiger partial charge in [0.05, 0.1) is 11.1 Å². The fourth-order valence-corrected chi connectivity index (χ4v) is 3.59. The molecule has 0 spiro atoms. The standard InChI is InChI=1S/C21H14F2N4O4S/c1-10(31-20(30)17-12-4-2-3-5-13(12)19(29)27-26-17)18(28)25-21-24-16(9-32-21)11-6-7-14(22)15(23)8-11/h2-10H,1H3,(H,27,29)(H,24,25,28). The summed E-state index contributed by atoms with van der Waals surface area (Å²) in [6.45, 7) is 1.37. The first-order valence-electron chi connectivity index (χ1n) is 9.23. The van der Waals surface area contributed by atoms with Gasteiger partial charge in [0.25, 0.3) is 11.5 Å². The number of thiazole rings is 1.